The minimum absolute atomic E-state index is 0. The van der Waals surface area contributed by atoms with E-state index in [1.165, 1.54) is 0 Å². The minimum atomic E-state index is 0. The molecule has 5 nitrogen and oxygen atoms in total. The zero-order valence-corrected chi connectivity index (χ0v) is 15.4. The van der Waals surface area contributed by atoms with Crippen molar-refractivity contribution in [3.05, 3.63) is 0 Å². The van der Waals surface area contributed by atoms with Gasteiger partial charge in [-0.15, -0.1) is 24.0 Å². The van der Waals surface area contributed by atoms with E-state index in [9.17, 15) is 0 Å². The van der Waals surface area contributed by atoms with Crippen LogP contribution < -0.4 is 10.6 Å². The van der Waals surface area contributed by atoms with E-state index < -0.39 is 0 Å². The number of hydrogen-bond donors (Lipinski definition) is 2. The van der Waals surface area contributed by atoms with Crippen LogP contribution in [0.5, 0.6) is 0 Å². The lowest BCUT2D eigenvalue weighted by Crippen LogP contribution is -2.41. The van der Waals surface area contributed by atoms with E-state index in [-0.39, 0.29) is 24.0 Å². The summed E-state index contributed by atoms with van der Waals surface area (Å²) in [6.45, 7) is 14.0. The van der Waals surface area contributed by atoms with Crippen LogP contribution in [0.25, 0.3) is 0 Å². The molecule has 0 rings (SSSR count). The summed E-state index contributed by atoms with van der Waals surface area (Å²) in [6.07, 6.45) is 0. The summed E-state index contributed by atoms with van der Waals surface area (Å²) in [7, 11) is 1.70. The van der Waals surface area contributed by atoms with Gasteiger partial charge in [0.15, 0.2) is 5.96 Å². The third-order valence-electron chi connectivity index (χ3n) is 2.89. The van der Waals surface area contributed by atoms with Gasteiger partial charge in [0.2, 0.25) is 0 Å². The summed E-state index contributed by atoms with van der Waals surface area (Å²) in [4.78, 5) is 7.00. The predicted molar refractivity (Wildman–Crippen MR) is 93.7 cm³/mol. The van der Waals surface area contributed by atoms with Gasteiger partial charge in [-0.1, -0.05) is 13.8 Å². The average molecular weight is 386 g/mol. The fourth-order valence-electron chi connectivity index (χ4n) is 1.80. The number of aliphatic imine (C=N–C) groups is 1. The van der Waals surface area contributed by atoms with Crippen LogP contribution in [0.2, 0.25) is 0 Å². The van der Waals surface area contributed by atoms with Crippen molar-refractivity contribution < 1.29 is 4.74 Å². The fourth-order valence-corrected chi connectivity index (χ4v) is 1.80. The van der Waals surface area contributed by atoms with Gasteiger partial charge in [-0.2, -0.15) is 0 Å². The molecule has 1 atom stereocenters. The highest BCUT2D eigenvalue weighted by Crippen LogP contribution is 1.98. The number of nitrogens with one attached hydrogen (secondary N) is 2. The SMILES string of the molecule is CCNC(=NCC(C)N(CC)CC)NCCOC.I. The maximum atomic E-state index is 5.02. The van der Waals surface area contributed by atoms with E-state index in [1.807, 2.05) is 0 Å². The summed E-state index contributed by atoms with van der Waals surface area (Å²) in [5.74, 6) is 0.869. The molecule has 0 aliphatic rings. The molecule has 6 heteroatoms. The smallest absolute Gasteiger partial charge is 0.191 e. The van der Waals surface area contributed by atoms with Crippen LogP contribution in [-0.4, -0.2) is 63.3 Å². The van der Waals surface area contributed by atoms with Crippen molar-refractivity contribution in [2.45, 2.75) is 33.7 Å². The van der Waals surface area contributed by atoms with E-state index >= 15 is 0 Å². The lowest BCUT2D eigenvalue weighted by Gasteiger charge is -2.25. The van der Waals surface area contributed by atoms with E-state index in [0.717, 1.165) is 38.7 Å². The minimum Gasteiger partial charge on any atom is -0.383 e. The summed E-state index contributed by atoms with van der Waals surface area (Å²) >= 11 is 0. The van der Waals surface area contributed by atoms with Gasteiger partial charge in [-0.25, -0.2) is 0 Å². The molecular formula is C13H31IN4O. The molecular weight excluding hydrogens is 355 g/mol. The molecule has 0 bridgehead atoms. The number of halogens is 1. The molecule has 0 aromatic carbocycles. The molecule has 2 N–H and O–H groups in total. The van der Waals surface area contributed by atoms with Crippen LogP contribution in [0.4, 0.5) is 0 Å². The molecule has 0 saturated heterocycles. The standard InChI is InChI=1S/C13H30N4O.HI/c1-6-14-13(15-9-10-18-5)16-11-12(4)17(7-2)8-3;/h12H,6-11H2,1-5H3,(H2,14,15,16);1H. The number of likely N-dealkylation sites (N-methyl/N-ethyl adjacent to an activating group) is 1. The zero-order chi connectivity index (χ0) is 13.8. The first-order valence-corrected chi connectivity index (χ1v) is 6.94. The van der Waals surface area contributed by atoms with Crippen LogP contribution in [0.15, 0.2) is 4.99 Å². The Morgan fingerprint density at radius 2 is 1.84 bits per heavy atom. The van der Waals surface area contributed by atoms with Gasteiger partial charge in [0.25, 0.3) is 0 Å². The van der Waals surface area contributed by atoms with Crippen LogP contribution in [0.3, 0.4) is 0 Å². The first-order chi connectivity index (χ1) is 8.69. The van der Waals surface area contributed by atoms with Gasteiger partial charge >= 0.3 is 0 Å². The summed E-state index contributed by atoms with van der Waals surface area (Å²) in [6, 6.07) is 0.470. The van der Waals surface area contributed by atoms with Crippen molar-refractivity contribution in [1.82, 2.24) is 15.5 Å². The molecule has 0 fully saturated rings. The molecule has 0 aromatic heterocycles. The van der Waals surface area contributed by atoms with Crippen molar-refractivity contribution in [2.24, 2.45) is 4.99 Å². The molecule has 0 heterocycles. The Morgan fingerprint density at radius 3 is 2.32 bits per heavy atom. The van der Waals surface area contributed by atoms with Gasteiger partial charge < -0.3 is 15.4 Å². The molecule has 0 aliphatic heterocycles. The van der Waals surface area contributed by atoms with Gasteiger partial charge in [-0.05, 0) is 26.9 Å². The largest absolute Gasteiger partial charge is 0.383 e. The Hall–Kier alpha value is -0.0800. The zero-order valence-electron chi connectivity index (χ0n) is 13.0. The molecule has 116 valence electrons. The predicted octanol–water partition coefficient (Wildman–Crippen LogP) is 1.54. The maximum absolute atomic E-state index is 5.02. The normalized spacial score (nSPS) is 13.1. The van der Waals surface area contributed by atoms with E-state index in [2.05, 4.69) is 48.2 Å². The molecule has 0 radical (unpaired) electrons. The van der Waals surface area contributed by atoms with E-state index in [0.29, 0.717) is 12.6 Å². The number of guanidine groups is 1. The number of ether oxygens (including phenoxy) is 1. The number of nitrogens with zero attached hydrogens (tertiary/aromatic N) is 2. The summed E-state index contributed by atoms with van der Waals surface area (Å²) < 4.78 is 5.02. The van der Waals surface area contributed by atoms with Gasteiger partial charge in [0, 0.05) is 26.2 Å². The molecule has 0 aliphatic carbocycles. The Balaban J connectivity index is 0. The lowest BCUT2D eigenvalue weighted by molar-refractivity contribution is 0.203. The lowest BCUT2D eigenvalue weighted by atomic mass is 10.3. The van der Waals surface area contributed by atoms with Crippen molar-refractivity contribution in [3.63, 3.8) is 0 Å². The van der Waals surface area contributed by atoms with Crippen molar-refractivity contribution in [1.29, 1.82) is 0 Å². The van der Waals surface area contributed by atoms with Crippen LogP contribution in [-0.2, 0) is 4.74 Å². The summed E-state index contributed by atoms with van der Waals surface area (Å²) in [5.41, 5.74) is 0. The highest BCUT2D eigenvalue weighted by Gasteiger charge is 2.09. The third kappa shape index (κ3) is 10.4. The number of hydrogen-bond acceptors (Lipinski definition) is 3. The maximum Gasteiger partial charge on any atom is 0.191 e. The van der Waals surface area contributed by atoms with Crippen molar-refractivity contribution >= 4 is 29.9 Å². The van der Waals surface area contributed by atoms with Crippen LogP contribution >= 0.6 is 24.0 Å². The average Bonchev–Trinajstić information content (AvgIpc) is 2.37. The Morgan fingerprint density at radius 1 is 1.21 bits per heavy atom. The molecule has 19 heavy (non-hydrogen) atoms. The van der Waals surface area contributed by atoms with Crippen molar-refractivity contribution in [2.75, 3.05) is 46.4 Å². The third-order valence-corrected chi connectivity index (χ3v) is 2.89. The van der Waals surface area contributed by atoms with E-state index in [1.54, 1.807) is 7.11 Å². The highest BCUT2D eigenvalue weighted by atomic mass is 127. The molecule has 0 amide bonds. The molecule has 0 saturated carbocycles. The topological polar surface area (TPSA) is 48.9 Å². The first-order valence-electron chi connectivity index (χ1n) is 6.94. The van der Waals surface area contributed by atoms with Gasteiger partial charge in [0.1, 0.15) is 0 Å². The Labute approximate surface area is 135 Å². The van der Waals surface area contributed by atoms with Gasteiger partial charge in [-0.3, -0.25) is 9.89 Å². The van der Waals surface area contributed by atoms with Crippen LogP contribution in [0, 0.1) is 0 Å². The quantitative estimate of drug-likeness (QED) is 0.273. The second-order valence-corrected chi connectivity index (χ2v) is 4.21. The molecule has 0 spiro atoms. The fraction of sp³-hybridized carbons (Fsp3) is 0.923. The van der Waals surface area contributed by atoms with E-state index in [4.69, 9.17) is 4.74 Å². The van der Waals surface area contributed by atoms with Gasteiger partial charge in [0.05, 0.1) is 13.2 Å². The molecule has 0 aromatic rings. The summed E-state index contributed by atoms with van der Waals surface area (Å²) in [5, 5.41) is 6.48. The monoisotopic (exact) mass is 386 g/mol. The van der Waals surface area contributed by atoms with Crippen LogP contribution in [0.1, 0.15) is 27.7 Å². The van der Waals surface area contributed by atoms with Crippen molar-refractivity contribution in [3.8, 4) is 0 Å². The Kier molecular flexibility index (Phi) is 16.0. The number of methoxy groups -OCH3 is 1. The first kappa shape index (κ1) is 21.2. The second kappa shape index (κ2) is 14.3. The second-order valence-electron chi connectivity index (χ2n) is 4.21. The Bertz CT molecular complexity index is 223. The number of rotatable bonds is 9. The molecule has 1 unspecified atom stereocenters. The highest BCUT2D eigenvalue weighted by molar-refractivity contribution is 14.0.